The fourth-order valence-electron chi connectivity index (χ4n) is 3.29. The quantitative estimate of drug-likeness (QED) is 0.729. The Balaban J connectivity index is 1.83. The van der Waals surface area contributed by atoms with E-state index in [1.54, 1.807) is 6.92 Å². The van der Waals surface area contributed by atoms with Gasteiger partial charge < -0.3 is 15.2 Å². The van der Waals surface area contributed by atoms with Crippen LogP contribution in [0.2, 0.25) is 0 Å². The third kappa shape index (κ3) is 5.96. The summed E-state index contributed by atoms with van der Waals surface area (Å²) in [6, 6.07) is 8.15. The van der Waals surface area contributed by atoms with Crippen molar-refractivity contribution in [2.45, 2.75) is 71.1 Å². The molecular weight excluding hydrogens is 344 g/mol. The van der Waals surface area contributed by atoms with Gasteiger partial charge in [-0.25, -0.2) is 0 Å². The van der Waals surface area contributed by atoms with Crippen LogP contribution < -0.4 is 10.1 Å². The van der Waals surface area contributed by atoms with E-state index in [4.69, 9.17) is 9.84 Å². The number of rotatable bonds is 8. The number of nitrogens with zero attached hydrogens (tertiary/aromatic N) is 1. The molecule has 1 aromatic carbocycles. The Morgan fingerprint density at radius 3 is 2.56 bits per heavy atom. The number of hydrogen-bond donors (Lipinski definition) is 2. The second-order valence-corrected chi connectivity index (χ2v) is 8.33. The van der Waals surface area contributed by atoms with Crippen LogP contribution in [0, 0.1) is 0 Å². The van der Waals surface area contributed by atoms with E-state index < -0.39 is 12.1 Å². The van der Waals surface area contributed by atoms with Crippen molar-refractivity contribution in [2.24, 2.45) is 0 Å². The Kier molecular flexibility index (Phi) is 6.87. The van der Waals surface area contributed by atoms with Crippen LogP contribution in [0.1, 0.15) is 53.0 Å². The molecule has 6 heteroatoms. The lowest BCUT2D eigenvalue weighted by Crippen LogP contribution is -2.56. The normalized spacial score (nSPS) is 20.7. The van der Waals surface area contributed by atoms with E-state index >= 15 is 0 Å². The Morgan fingerprint density at radius 1 is 1.33 bits per heavy atom. The van der Waals surface area contributed by atoms with Gasteiger partial charge in [-0.05, 0) is 49.4 Å². The summed E-state index contributed by atoms with van der Waals surface area (Å²) >= 11 is 0. The van der Waals surface area contributed by atoms with E-state index in [0.29, 0.717) is 12.3 Å². The first-order valence-electron chi connectivity index (χ1n) is 9.63. The Bertz CT molecular complexity index is 662. The Morgan fingerprint density at radius 2 is 2.00 bits per heavy atom. The fraction of sp³-hybridized carbons (Fsp3) is 0.619. The number of carboxylic acids is 1. The highest BCUT2D eigenvalue weighted by Gasteiger charge is 2.35. The van der Waals surface area contributed by atoms with Crippen molar-refractivity contribution in [3.8, 4) is 5.75 Å². The van der Waals surface area contributed by atoms with Gasteiger partial charge in [0.05, 0.1) is 6.54 Å². The number of carbonyl (C=O) groups excluding carboxylic acids is 1. The highest BCUT2D eigenvalue weighted by atomic mass is 16.5. The molecule has 0 aromatic heterocycles. The molecule has 0 aliphatic heterocycles. The molecule has 0 spiro atoms. The SMILES string of the molecule is CCN(CC(=O)O)C1CC(NC(=O)C(C)Oc2cccc(C(C)(C)C)c2)C1. The van der Waals surface area contributed by atoms with Gasteiger partial charge in [0.1, 0.15) is 5.75 Å². The molecular formula is C21H32N2O4. The molecule has 1 fully saturated rings. The number of amides is 1. The predicted octanol–water partition coefficient (Wildman–Crippen LogP) is 2.81. The molecule has 1 unspecified atom stereocenters. The van der Waals surface area contributed by atoms with Gasteiger partial charge in [0.2, 0.25) is 0 Å². The second-order valence-electron chi connectivity index (χ2n) is 8.33. The number of carboxylic acid groups (broad SMARTS) is 1. The van der Waals surface area contributed by atoms with Crippen molar-refractivity contribution in [1.29, 1.82) is 0 Å². The van der Waals surface area contributed by atoms with Gasteiger partial charge in [0.15, 0.2) is 6.10 Å². The number of aliphatic carboxylic acids is 1. The molecule has 1 atom stereocenters. The topological polar surface area (TPSA) is 78.9 Å². The molecule has 0 saturated heterocycles. The maximum atomic E-state index is 12.4. The first kappa shape index (κ1) is 21.2. The van der Waals surface area contributed by atoms with Crippen molar-refractivity contribution < 1.29 is 19.4 Å². The molecule has 0 radical (unpaired) electrons. The average Bonchev–Trinajstić information content (AvgIpc) is 2.55. The van der Waals surface area contributed by atoms with Crippen LogP contribution in [0.3, 0.4) is 0 Å². The minimum Gasteiger partial charge on any atom is -0.481 e. The third-order valence-electron chi connectivity index (χ3n) is 5.10. The number of likely N-dealkylation sites (N-methyl/N-ethyl adjacent to an activating group) is 1. The molecule has 1 saturated carbocycles. The van der Waals surface area contributed by atoms with Crippen LogP contribution in [0.4, 0.5) is 0 Å². The van der Waals surface area contributed by atoms with Crippen molar-refractivity contribution in [2.75, 3.05) is 13.1 Å². The summed E-state index contributed by atoms with van der Waals surface area (Å²) < 4.78 is 5.83. The lowest BCUT2D eigenvalue weighted by atomic mass is 9.85. The zero-order valence-corrected chi connectivity index (χ0v) is 17.0. The molecule has 0 heterocycles. The Hall–Kier alpha value is -2.08. The van der Waals surface area contributed by atoms with Crippen molar-refractivity contribution >= 4 is 11.9 Å². The lowest BCUT2D eigenvalue weighted by molar-refractivity contribution is -0.140. The monoisotopic (exact) mass is 376 g/mol. The number of benzene rings is 1. The van der Waals surface area contributed by atoms with Gasteiger partial charge in [0.25, 0.3) is 5.91 Å². The van der Waals surface area contributed by atoms with Gasteiger partial charge in [-0.3, -0.25) is 14.5 Å². The molecule has 0 bridgehead atoms. The fourth-order valence-corrected chi connectivity index (χ4v) is 3.29. The van der Waals surface area contributed by atoms with Gasteiger partial charge in [0, 0.05) is 12.1 Å². The number of nitrogens with one attached hydrogen (secondary N) is 1. The zero-order valence-electron chi connectivity index (χ0n) is 17.0. The van der Waals surface area contributed by atoms with Crippen LogP contribution in [0.25, 0.3) is 0 Å². The number of hydrogen-bond acceptors (Lipinski definition) is 4. The van der Waals surface area contributed by atoms with Crippen molar-refractivity contribution in [3.05, 3.63) is 29.8 Å². The molecule has 2 rings (SSSR count). The smallest absolute Gasteiger partial charge is 0.317 e. The van der Waals surface area contributed by atoms with Crippen LogP contribution in [-0.2, 0) is 15.0 Å². The molecule has 6 nitrogen and oxygen atoms in total. The number of ether oxygens (including phenoxy) is 1. The van der Waals surface area contributed by atoms with Gasteiger partial charge in [-0.15, -0.1) is 0 Å². The number of carbonyl (C=O) groups is 2. The second kappa shape index (κ2) is 8.74. The van der Waals surface area contributed by atoms with Crippen LogP contribution in [0.15, 0.2) is 24.3 Å². The highest BCUT2D eigenvalue weighted by molar-refractivity contribution is 5.81. The van der Waals surface area contributed by atoms with Crippen molar-refractivity contribution in [1.82, 2.24) is 10.2 Å². The minimum absolute atomic E-state index is 0.0207. The largest absolute Gasteiger partial charge is 0.481 e. The first-order valence-corrected chi connectivity index (χ1v) is 9.63. The molecule has 1 aliphatic rings. The minimum atomic E-state index is -0.816. The van der Waals surface area contributed by atoms with Gasteiger partial charge in [-0.1, -0.05) is 39.8 Å². The molecule has 1 aliphatic carbocycles. The van der Waals surface area contributed by atoms with Crippen LogP contribution in [-0.4, -0.2) is 53.2 Å². The molecule has 1 amide bonds. The van der Waals surface area contributed by atoms with E-state index in [9.17, 15) is 9.59 Å². The first-order chi connectivity index (χ1) is 12.6. The maximum Gasteiger partial charge on any atom is 0.317 e. The summed E-state index contributed by atoms with van der Waals surface area (Å²) in [5.74, 6) is -0.264. The van der Waals surface area contributed by atoms with E-state index in [0.717, 1.165) is 18.4 Å². The van der Waals surface area contributed by atoms with Crippen LogP contribution in [0.5, 0.6) is 5.75 Å². The van der Waals surface area contributed by atoms with Gasteiger partial charge >= 0.3 is 5.97 Å². The van der Waals surface area contributed by atoms with E-state index in [1.165, 1.54) is 0 Å². The summed E-state index contributed by atoms with van der Waals surface area (Å²) in [6.07, 6.45) is 0.971. The average molecular weight is 376 g/mol. The summed E-state index contributed by atoms with van der Waals surface area (Å²) in [7, 11) is 0. The standard InChI is InChI=1S/C21H32N2O4/c1-6-23(13-19(24)25)17-11-16(12-17)22-20(26)14(2)27-18-9-7-8-15(10-18)21(3,4)5/h7-10,14,16-17H,6,11-13H2,1-5H3,(H,22,26)(H,24,25). The summed E-state index contributed by atoms with van der Waals surface area (Å²) in [4.78, 5) is 25.2. The Labute approximate surface area is 161 Å². The van der Waals surface area contributed by atoms with Crippen LogP contribution >= 0.6 is 0 Å². The predicted molar refractivity (Wildman–Crippen MR) is 105 cm³/mol. The molecule has 2 N–H and O–H groups in total. The molecule has 1 aromatic rings. The zero-order chi connectivity index (χ0) is 20.2. The summed E-state index contributed by atoms with van der Waals surface area (Å²) in [6.45, 7) is 10.9. The summed E-state index contributed by atoms with van der Waals surface area (Å²) in [5.41, 5.74) is 1.18. The third-order valence-corrected chi connectivity index (χ3v) is 5.10. The van der Waals surface area contributed by atoms with E-state index in [-0.39, 0.29) is 30.0 Å². The highest BCUT2D eigenvalue weighted by Crippen LogP contribution is 2.27. The molecule has 150 valence electrons. The summed E-state index contributed by atoms with van der Waals surface area (Å²) in [5, 5.41) is 12.0. The van der Waals surface area contributed by atoms with E-state index in [1.807, 2.05) is 30.0 Å². The van der Waals surface area contributed by atoms with Gasteiger partial charge in [-0.2, -0.15) is 0 Å². The van der Waals surface area contributed by atoms with E-state index in [2.05, 4.69) is 32.2 Å². The van der Waals surface area contributed by atoms with Crippen molar-refractivity contribution in [3.63, 3.8) is 0 Å². The maximum absolute atomic E-state index is 12.4. The lowest BCUT2D eigenvalue weighted by Gasteiger charge is -2.42. The molecule has 27 heavy (non-hydrogen) atoms.